The van der Waals surface area contributed by atoms with Crippen molar-refractivity contribution in [1.82, 2.24) is 9.47 Å². The monoisotopic (exact) mass is 195 g/mol. The van der Waals surface area contributed by atoms with Crippen LogP contribution in [-0.4, -0.2) is 29.5 Å². The number of hydrogen-bond donors (Lipinski definition) is 1. The van der Waals surface area contributed by atoms with E-state index in [1.54, 1.807) is 19.0 Å². The van der Waals surface area contributed by atoms with E-state index in [9.17, 15) is 4.79 Å². The summed E-state index contributed by atoms with van der Waals surface area (Å²) >= 11 is 0. The Morgan fingerprint density at radius 1 is 1.57 bits per heavy atom. The fraction of sp³-hybridized carbons (Fsp3) is 0.500. The number of carbonyl (C=O) groups is 1. The van der Waals surface area contributed by atoms with Crippen molar-refractivity contribution >= 4 is 5.91 Å². The quantitative estimate of drug-likeness (QED) is 0.757. The Bertz CT molecular complexity index is 304. The number of rotatable bonds is 4. The van der Waals surface area contributed by atoms with Crippen molar-refractivity contribution in [2.75, 3.05) is 14.1 Å². The van der Waals surface area contributed by atoms with E-state index in [2.05, 4.69) is 0 Å². The van der Waals surface area contributed by atoms with E-state index in [4.69, 9.17) is 5.73 Å². The summed E-state index contributed by atoms with van der Waals surface area (Å²) in [7, 11) is 3.53. The molecule has 0 aliphatic carbocycles. The average Bonchev–Trinajstić information content (AvgIpc) is 2.60. The first-order valence-corrected chi connectivity index (χ1v) is 4.69. The molecule has 78 valence electrons. The fourth-order valence-electron chi connectivity index (χ4n) is 1.29. The van der Waals surface area contributed by atoms with Crippen molar-refractivity contribution in [2.24, 2.45) is 5.73 Å². The van der Waals surface area contributed by atoms with Crippen molar-refractivity contribution in [3.05, 3.63) is 24.0 Å². The molecule has 0 bridgehead atoms. The highest BCUT2D eigenvalue weighted by Crippen LogP contribution is 2.03. The van der Waals surface area contributed by atoms with E-state index < -0.39 is 0 Å². The van der Waals surface area contributed by atoms with Gasteiger partial charge in [-0.25, -0.2) is 0 Å². The highest BCUT2D eigenvalue weighted by Gasteiger charge is 2.05. The molecule has 0 saturated carbocycles. The lowest BCUT2D eigenvalue weighted by Crippen LogP contribution is -2.23. The van der Waals surface area contributed by atoms with Crippen LogP contribution >= 0.6 is 0 Å². The molecule has 2 N–H and O–H groups in total. The van der Waals surface area contributed by atoms with Gasteiger partial charge in [0.15, 0.2) is 0 Å². The standard InChI is InChI=1S/C10H17N3O/c1-12(2)10(14)5-7-13-6-3-4-9(13)8-11/h3-4,6H,5,7-8,11H2,1-2H3. The minimum Gasteiger partial charge on any atom is -0.350 e. The van der Waals surface area contributed by atoms with Crippen molar-refractivity contribution in [1.29, 1.82) is 0 Å². The zero-order chi connectivity index (χ0) is 10.6. The molecule has 4 nitrogen and oxygen atoms in total. The Hall–Kier alpha value is -1.29. The van der Waals surface area contributed by atoms with Gasteiger partial charge in [-0.3, -0.25) is 4.79 Å². The summed E-state index contributed by atoms with van der Waals surface area (Å²) in [6.07, 6.45) is 2.47. The lowest BCUT2D eigenvalue weighted by atomic mass is 10.3. The average molecular weight is 195 g/mol. The predicted molar refractivity (Wildman–Crippen MR) is 55.6 cm³/mol. The molecule has 1 amide bonds. The Kier molecular flexibility index (Phi) is 3.71. The van der Waals surface area contributed by atoms with Crippen LogP contribution in [0, 0.1) is 0 Å². The molecule has 0 aliphatic heterocycles. The second-order valence-corrected chi connectivity index (χ2v) is 3.44. The molecule has 0 aromatic carbocycles. The molecular weight excluding hydrogens is 178 g/mol. The molecule has 0 saturated heterocycles. The van der Waals surface area contributed by atoms with Gasteiger partial charge in [-0.1, -0.05) is 0 Å². The molecule has 4 heteroatoms. The Balaban J connectivity index is 2.49. The van der Waals surface area contributed by atoms with Gasteiger partial charge < -0.3 is 15.2 Å². The number of hydrogen-bond acceptors (Lipinski definition) is 2. The van der Waals surface area contributed by atoms with Crippen molar-refractivity contribution in [2.45, 2.75) is 19.5 Å². The summed E-state index contributed by atoms with van der Waals surface area (Å²) in [5.41, 5.74) is 6.61. The maximum atomic E-state index is 11.3. The summed E-state index contributed by atoms with van der Waals surface area (Å²) in [4.78, 5) is 12.9. The lowest BCUT2D eigenvalue weighted by molar-refractivity contribution is -0.128. The molecule has 1 aromatic heterocycles. The molecule has 0 radical (unpaired) electrons. The van der Waals surface area contributed by atoms with E-state index >= 15 is 0 Å². The molecule has 1 heterocycles. The minimum atomic E-state index is 0.140. The first kappa shape index (κ1) is 10.8. The first-order chi connectivity index (χ1) is 6.65. The maximum Gasteiger partial charge on any atom is 0.223 e. The number of carbonyl (C=O) groups excluding carboxylic acids is 1. The van der Waals surface area contributed by atoms with Crippen LogP contribution in [0.3, 0.4) is 0 Å². The third-order valence-corrected chi connectivity index (χ3v) is 2.20. The zero-order valence-electron chi connectivity index (χ0n) is 8.73. The Labute approximate surface area is 84.3 Å². The third-order valence-electron chi connectivity index (χ3n) is 2.20. The van der Waals surface area contributed by atoms with Gasteiger partial charge in [0, 0.05) is 45.5 Å². The second kappa shape index (κ2) is 4.81. The highest BCUT2D eigenvalue weighted by atomic mass is 16.2. The van der Waals surface area contributed by atoms with E-state index in [0.717, 1.165) is 5.69 Å². The number of aromatic nitrogens is 1. The minimum absolute atomic E-state index is 0.140. The van der Waals surface area contributed by atoms with Crippen LogP contribution in [0.1, 0.15) is 12.1 Å². The van der Waals surface area contributed by atoms with Crippen LogP contribution in [-0.2, 0) is 17.9 Å². The van der Waals surface area contributed by atoms with Gasteiger partial charge in [0.05, 0.1) is 0 Å². The Morgan fingerprint density at radius 2 is 2.29 bits per heavy atom. The molecular formula is C10H17N3O. The lowest BCUT2D eigenvalue weighted by Gasteiger charge is -2.11. The Morgan fingerprint density at radius 3 is 2.86 bits per heavy atom. The number of aryl methyl sites for hydroxylation is 1. The van der Waals surface area contributed by atoms with Gasteiger partial charge in [-0.2, -0.15) is 0 Å². The van der Waals surface area contributed by atoms with E-state index in [1.807, 2.05) is 22.9 Å². The molecule has 0 atom stereocenters. The molecule has 0 fully saturated rings. The van der Waals surface area contributed by atoms with E-state index in [-0.39, 0.29) is 5.91 Å². The molecule has 0 unspecified atom stereocenters. The topological polar surface area (TPSA) is 51.3 Å². The van der Waals surface area contributed by atoms with Gasteiger partial charge in [-0.15, -0.1) is 0 Å². The van der Waals surface area contributed by atoms with Crippen molar-refractivity contribution in [3.63, 3.8) is 0 Å². The molecule has 1 aromatic rings. The normalized spacial score (nSPS) is 10.2. The second-order valence-electron chi connectivity index (χ2n) is 3.44. The highest BCUT2D eigenvalue weighted by molar-refractivity contribution is 5.75. The number of amides is 1. The molecule has 0 spiro atoms. The van der Waals surface area contributed by atoms with Crippen LogP contribution in [0.5, 0.6) is 0 Å². The first-order valence-electron chi connectivity index (χ1n) is 4.69. The van der Waals surface area contributed by atoms with Gasteiger partial charge in [0.2, 0.25) is 5.91 Å². The predicted octanol–water partition coefficient (Wildman–Crippen LogP) is 0.425. The summed E-state index contributed by atoms with van der Waals surface area (Å²) in [6.45, 7) is 1.22. The van der Waals surface area contributed by atoms with E-state index in [0.29, 0.717) is 19.5 Å². The number of nitrogens with two attached hydrogens (primary N) is 1. The molecule has 14 heavy (non-hydrogen) atoms. The van der Waals surface area contributed by atoms with Crippen LogP contribution in [0.2, 0.25) is 0 Å². The third kappa shape index (κ3) is 2.60. The van der Waals surface area contributed by atoms with Crippen molar-refractivity contribution in [3.8, 4) is 0 Å². The van der Waals surface area contributed by atoms with Gasteiger partial charge in [0.25, 0.3) is 0 Å². The van der Waals surface area contributed by atoms with Gasteiger partial charge >= 0.3 is 0 Å². The summed E-state index contributed by atoms with van der Waals surface area (Å²) in [5, 5.41) is 0. The summed E-state index contributed by atoms with van der Waals surface area (Å²) in [6, 6.07) is 3.92. The smallest absolute Gasteiger partial charge is 0.223 e. The summed E-state index contributed by atoms with van der Waals surface area (Å²) < 4.78 is 2.02. The molecule has 1 rings (SSSR count). The summed E-state index contributed by atoms with van der Waals surface area (Å²) in [5.74, 6) is 0.140. The number of nitrogens with zero attached hydrogens (tertiary/aromatic N) is 2. The van der Waals surface area contributed by atoms with Gasteiger partial charge in [0.1, 0.15) is 0 Å². The molecule has 0 aliphatic rings. The van der Waals surface area contributed by atoms with E-state index in [1.165, 1.54) is 0 Å². The van der Waals surface area contributed by atoms with Crippen LogP contribution < -0.4 is 5.73 Å². The maximum absolute atomic E-state index is 11.3. The SMILES string of the molecule is CN(C)C(=O)CCn1cccc1CN. The van der Waals surface area contributed by atoms with Crippen LogP contribution in [0.15, 0.2) is 18.3 Å². The fourth-order valence-corrected chi connectivity index (χ4v) is 1.29. The van der Waals surface area contributed by atoms with Crippen LogP contribution in [0.4, 0.5) is 0 Å². The largest absolute Gasteiger partial charge is 0.350 e. The van der Waals surface area contributed by atoms with Gasteiger partial charge in [-0.05, 0) is 12.1 Å². The zero-order valence-corrected chi connectivity index (χ0v) is 8.73. The van der Waals surface area contributed by atoms with Crippen LogP contribution in [0.25, 0.3) is 0 Å². The van der Waals surface area contributed by atoms with Crippen molar-refractivity contribution < 1.29 is 4.79 Å².